The number of nitrogens with zero attached hydrogens (tertiary/aromatic N) is 5. The van der Waals surface area contributed by atoms with Crippen molar-refractivity contribution in [3.63, 3.8) is 0 Å². The average molecular weight is 621 g/mol. The molecule has 6 aliphatic heterocycles. The van der Waals surface area contributed by atoms with Crippen molar-refractivity contribution in [3.05, 3.63) is 35.9 Å². The third-order valence-electron chi connectivity index (χ3n) is 10.8. The Hall–Kier alpha value is -2.98. The lowest BCUT2D eigenvalue weighted by atomic mass is 9.82. The fraction of sp³-hybridized carbons (Fsp3) is 0.714. The molecule has 1 spiro atoms. The summed E-state index contributed by atoms with van der Waals surface area (Å²) in [6.45, 7) is 11.7. The SMILES string of the molecule is CC(C)(C)CC(=O)N1CCC2(CC1)CC(=O)N1CCN(Cc3ccccc3)[C@H](C1)C(=O)N1CCC(CC1)N1CCCC1C(=O)N2. The van der Waals surface area contributed by atoms with Crippen LogP contribution in [0.4, 0.5) is 0 Å². The minimum absolute atomic E-state index is 0.0145. The monoisotopic (exact) mass is 620 g/mol. The molecule has 7 rings (SSSR count). The summed E-state index contributed by atoms with van der Waals surface area (Å²) in [6, 6.07) is 9.91. The van der Waals surface area contributed by atoms with Gasteiger partial charge in [-0.2, -0.15) is 0 Å². The number of likely N-dealkylation sites (tertiary alicyclic amines) is 1. The van der Waals surface area contributed by atoms with Crippen molar-refractivity contribution in [2.45, 2.75) is 102 Å². The largest absolute Gasteiger partial charge is 0.349 e. The molecule has 45 heavy (non-hydrogen) atoms. The number of carbonyl (C=O) groups is 4. The van der Waals surface area contributed by atoms with Gasteiger partial charge in [0.1, 0.15) is 6.04 Å². The number of hydrogen-bond acceptors (Lipinski definition) is 6. The summed E-state index contributed by atoms with van der Waals surface area (Å²) in [5.74, 6) is 0.258. The second-order valence-electron chi connectivity index (χ2n) is 15.3. The Morgan fingerprint density at radius 2 is 1.58 bits per heavy atom. The zero-order chi connectivity index (χ0) is 31.8. The smallest absolute Gasteiger partial charge is 0.241 e. The highest BCUT2D eigenvalue weighted by molar-refractivity contribution is 5.86. The van der Waals surface area contributed by atoms with Crippen molar-refractivity contribution in [2.75, 3.05) is 52.4 Å². The van der Waals surface area contributed by atoms with Gasteiger partial charge in [0.05, 0.1) is 18.0 Å². The van der Waals surface area contributed by atoms with Gasteiger partial charge >= 0.3 is 0 Å². The van der Waals surface area contributed by atoms with E-state index in [2.05, 4.69) is 48.0 Å². The van der Waals surface area contributed by atoms with E-state index in [9.17, 15) is 19.2 Å². The molecule has 10 heteroatoms. The van der Waals surface area contributed by atoms with E-state index < -0.39 is 11.6 Å². The summed E-state index contributed by atoms with van der Waals surface area (Å²) >= 11 is 0. The predicted octanol–water partition coefficient (Wildman–Crippen LogP) is 2.47. The molecule has 4 bridgehead atoms. The van der Waals surface area contributed by atoms with Crippen LogP contribution in [0, 0.1) is 5.41 Å². The van der Waals surface area contributed by atoms with Gasteiger partial charge in [-0.3, -0.25) is 29.0 Å². The van der Waals surface area contributed by atoms with Crippen LogP contribution in [0.3, 0.4) is 0 Å². The summed E-state index contributed by atoms with van der Waals surface area (Å²) in [6.07, 6.45) is 5.29. The van der Waals surface area contributed by atoms with Gasteiger partial charge in [0.15, 0.2) is 0 Å². The van der Waals surface area contributed by atoms with Gasteiger partial charge in [-0.1, -0.05) is 51.1 Å². The molecule has 0 aromatic heterocycles. The van der Waals surface area contributed by atoms with Crippen LogP contribution in [0.1, 0.15) is 77.7 Å². The van der Waals surface area contributed by atoms with Crippen LogP contribution < -0.4 is 5.32 Å². The third kappa shape index (κ3) is 7.22. The minimum atomic E-state index is -0.705. The number of piperazine rings is 1. The number of rotatable bonds is 3. The van der Waals surface area contributed by atoms with E-state index in [1.807, 2.05) is 32.9 Å². The molecule has 0 saturated carbocycles. The number of benzene rings is 1. The van der Waals surface area contributed by atoms with Crippen molar-refractivity contribution in [3.8, 4) is 0 Å². The normalized spacial score (nSPS) is 27.4. The summed E-state index contributed by atoms with van der Waals surface area (Å²) < 4.78 is 0. The van der Waals surface area contributed by atoms with Gasteiger partial charge in [-0.05, 0) is 56.0 Å². The first-order chi connectivity index (χ1) is 21.5. The average Bonchev–Trinajstić information content (AvgIpc) is 3.51. The molecular weight excluding hydrogens is 568 g/mol. The van der Waals surface area contributed by atoms with Gasteiger partial charge in [-0.25, -0.2) is 0 Å². The Balaban J connectivity index is 1.26. The standard InChI is InChI=1S/C35H52N6O4/c1-34(2,3)22-30(42)37-18-13-35(14-19-37)23-31(43)40-21-20-39(24-26-8-5-4-6-9-26)29(25-40)33(45)38-16-11-27(12-17-38)41-15-7-10-28(41)32(44)36-35/h4-6,8-9,27-29H,7,10-25H2,1-3H3,(H,36,44)/t28?,29-/m1/s1. The van der Waals surface area contributed by atoms with Crippen molar-refractivity contribution in [2.24, 2.45) is 5.41 Å². The first-order valence-electron chi connectivity index (χ1n) is 17.2. The Labute approximate surface area is 268 Å². The zero-order valence-electron chi connectivity index (χ0n) is 27.5. The maximum atomic E-state index is 14.2. The number of fused-ring (bicyclic) bond motifs is 4. The van der Waals surface area contributed by atoms with E-state index in [1.54, 1.807) is 0 Å². The van der Waals surface area contributed by atoms with Crippen molar-refractivity contribution >= 4 is 23.6 Å². The number of hydrogen-bond donors (Lipinski definition) is 1. The molecule has 0 radical (unpaired) electrons. The molecule has 6 aliphatic rings. The molecule has 4 amide bonds. The first kappa shape index (κ1) is 32.0. The maximum absolute atomic E-state index is 14.2. The molecule has 6 heterocycles. The molecule has 6 saturated heterocycles. The van der Waals surface area contributed by atoms with Crippen molar-refractivity contribution < 1.29 is 19.2 Å². The molecule has 10 nitrogen and oxygen atoms in total. The van der Waals surface area contributed by atoms with Crippen LogP contribution in [-0.2, 0) is 25.7 Å². The van der Waals surface area contributed by atoms with E-state index in [1.165, 1.54) is 0 Å². The molecule has 1 aromatic rings. The quantitative estimate of drug-likeness (QED) is 0.558. The molecule has 1 N–H and O–H groups in total. The number of carbonyl (C=O) groups excluding carboxylic acids is 4. The summed E-state index contributed by atoms with van der Waals surface area (Å²) in [5, 5.41) is 3.44. The van der Waals surface area contributed by atoms with E-state index >= 15 is 0 Å². The summed E-state index contributed by atoms with van der Waals surface area (Å²) in [5.41, 5.74) is 0.357. The Kier molecular flexibility index (Phi) is 9.26. The zero-order valence-corrected chi connectivity index (χ0v) is 27.5. The fourth-order valence-corrected chi connectivity index (χ4v) is 8.27. The Bertz CT molecular complexity index is 1250. The van der Waals surface area contributed by atoms with Crippen LogP contribution in [0.5, 0.6) is 0 Å². The van der Waals surface area contributed by atoms with Crippen LogP contribution in [0.15, 0.2) is 30.3 Å². The highest BCUT2D eigenvalue weighted by atomic mass is 16.2. The number of amides is 4. The Morgan fingerprint density at radius 1 is 0.867 bits per heavy atom. The molecule has 2 atom stereocenters. The van der Waals surface area contributed by atoms with E-state index in [-0.39, 0.29) is 47.5 Å². The van der Waals surface area contributed by atoms with E-state index in [0.29, 0.717) is 71.6 Å². The van der Waals surface area contributed by atoms with Crippen molar-refractivity contribution in [1.29, 1.82) is 0 Å². The molecule has 0 aliphatic carbocycles. The van der Waals surface area contributed by atoms with Gasteiger partial charge in [0.2, 0.25) is 23.6 Å². The van der Waals surface area contributed by atoms with Gasteiger partial charge < -0.3 is 20.0 Å². The highest BCUT2D eigenvalue weighted by Gasteiger charge is 2.46. The van der Waals surface area contributed by atoms with Gasteiger partial charge in [0.25, 0.3) is 0 Å². The second-order valence-corrected chi connectivity index (χ2v) is 15.3. The van der Waals surface area contributed by atoms with E-state index in [4.69, 9.17) is 0 Å². The van der Waals surface area contributed by atoms with E-state index in [0.717, 1.165) is 37.8 Å². The summed E-state index contributed by atoms with van der Waals surface area (Å²) in [4.78, 5) is 65.8. The van der Waals surface area contributed by atoms with Gasteiger partial charge in [-0.15, -0.1) is 0 Å². The lowest BCUT2D eigenvalue weighted by molar-refractivity contribution is -0.145. The Morgan fingerprint density at radius 3 is 2.27 bits per heavy atom. The second kappa shape index (κ2) is 13.0. The topological polar surface area (TPSA) is 96.5 Å². The van der Waals surface area contributed by atoms with Crippen LogP contribution in [0.2, 0.25) is 0 Å². The fourth-order valence-electron chi connectivity index (χ4n) is 8.27. The minimum Gasteiger partial charge on any atom is -0.349 e. The van der Waals surface area contributed by atoms with Crippen LogP contribution in [-0.4, -0.2) is 124 Å². The predicted molar refractivity (Wildman–Crippen MR) is 172 cm³/mol. The molecule has 246 valence electrons. The molecule has 1 unspecified atom stereocenters. The molecule has 6 fully saturated rings. The lowest BCUT2D eigenvalue weighted by Gasteiger charge is -2.46. The number of piperidine rings is 2. The van der Waals surface area contributed by atoms with Crippen LogP contribution in [0.25, 0.3) is 0 Å². The highest BCUT2D eigenvalue weighted by Crippen LogP contribution is 2.33. The van der Waals surface area contributed by atoms with Crippen LogP contribution >= 0.6 is 0 Å². The molecular formula is C35H52N6O4. The first-order valence-corrected chi connectivity index (χ1v) is 17.2. The maximum Gasteiger partial charge on any atom is 0.241 e. The molecule has 1 aromatic carbocycles. The van der Waals surface area contributed by atoms with Gasteiger partial charge in [0, 0.05) is 64.8 Å². The lowest BCUT2D eigenvalue weighted by Crippen LogP contribution is -2.63. The summed E-state index contributed by atoms with van der Waals surface area (Å²) in [7, 11) is 0. The third-order valence-corrected chi connectivity index (χ3v) is 10.8. The number of nitrogens with one attached hydrogen (secondary N) is 1. The van der Waals surface area contributed by atoms with Crippen molar-refractivity contribution in [1.82, 2.24) is 29.8 Å².